The molecule has 0 amide bonds. The van der Waals surface area contributed by atoms with Gasteiger partial charge in [0.05, 0.1) is 6.10 Å². The van der Waals surface area contributed by atoms with E-state index < -0.39 is 0 Å². The fraction of sp³-hybridized carbons (Fsp3) is 0.538. The average Bonchev–Trinajstić information content (AvgIpc) is 2.29. The molecule has 0 bridgehead atoms. The molecule has 2 atom stereocenters. The predicted octanol–water partition coefficient (Wildman–Crippen LogP) is 3.42. The summed E-state index contributed by atoms with van der Waals surface area (Å²) in [5.41, 5.74) is 1.27. The molecule has 0 aliphatic carbocycles. The number of hydrogen-bond acceptors (Lipinski definition) is 3. The first kappa shape index (κ1) is 15.0. The molecule has 0 radical (unpaired) electrons. The van der Waals surface area contributed by atoms with Crippen LogP contribution in [0.3, 0.4) is 0 Å². The Bertz CT molecular complexity index is 357. The minimum Gasteiger partial charge on any atom is -0.392 e. The Morgan fingerprint density at radius 2 is 2.12 bits per heavy atom. The molecule has 2 unspecified atom stereocenters. The van der Waals surface area contributed by atoms with Gasteiger partial charge in [-0.05, 0) is 47.1 Å². The normalized spacial score (nSPS) is 14.6. The molecule has 1 rings (SSSR count). The van der Waals surface area contributed by atoms with Gasteiger partial charge in [-0.15, -0.1) is 11.8 Å². The summed E-state index contributed by atoms with van der Waals surface area (Å²) < 4.78 is 1.10. The molecule has 4 heteroatoms. The predicted molar refractivity (Wildman–Crippen MR) is 78.5 cm³/mol. The molecule has 0 spiro atoms. The Morgan fingerprint density at radius 3 is 2.65 bits per heavy atom. The summed E-state index contributed by atoms with van der Waals surface area (Å²) in [7, 11) is 0. The minimum atomic E-state index is -0.298. The minimum absolute atomic E-state index is 0.200. The Labute approximate surface area is 116 Å². The maximum absolute atomic E-state index is 9.50. The van der Waals surface area contributed by atoms with Crippen molar-refractivity contribution in [3.63, 3.8) is 0 Å². The van der Waals surface area contributed by atoms with Gasteiger partial charge in [-0.3, -0.25) is 0 Å². The molecule has 1 aromatic rings. The van der Waals surface area contributed by atoms with Crippen LogP contribution in [0.1, 0.15) is 26.3 Å². The molecule has 0 saturated heterocycles. The fourth-order valence-corrected chi connectivity index (χ4v) is 2.94. The molecule has 0 aliphatic heterocycles. The molecule has 0 heterocycles. The number of aliphatic hydroxyl groups is 1. The van der Waals surface area contributed by atoms with E-state index in [2.05, 4.69) is 46.4 Å². The van der Waals surface area contributed by atoms with E-state index in [1.165, 1.54) is 10.5 Å². The van der Waals surface area contributed by atoms with Crippen LogP contribution in [0.4, 0.5) is 0 Å². The van der Waals surface area contributed by atoms with Gasteiger partial charge < -0.3 is 10.4 Å². The van der Waals surface area contributed by atoms with Gasteiger partial charge in [0.1, 0.15) is 0 Å². The maximum Gasteiger partial charge on any atom is 0.0631 e. The van der Waals surface area contributed by atoms with Crippen molar-refractivity contribution in [1.82, 2.24) is 5.32 Å². The maximum atomic E-state index is 9.50. The second kappa shape index (κ2) is 7.41. The zero-order chi connectivity index (χ0) is 12.8. The number of halogens is 1. The number of aliphatic hydroxyl groups excluding tert-OH is 1. The summed E-state index contributed by atoms with van der Waals surface area (Å²) in [6, 6.07) is 6.38. The molecule has 0 aromatic heterocycles. The molecule has 0 fully saturated rings. The Kier molecular flexibility index (Phi) is 6.55. The standard InChI is InChI=1S/C13H20BrNOS/c1-4-15-8-11-5-6-13(12(14)7-11)17-10(3)9(2)16/h5-7,9-10,15-16H,4,8H2,1-3H3. The van der Waals surface area contributed by atoms with Crippen molar-refractivity contribution in [3.8, 4) is 0 Å². The smallest absolute Gasteiger partial charge is 0.0631 e. The highest BCUT2D eigenvalue weighted by molar-refractivity contribution is 9.10. The lowest BCUT2D eigenvalue weighted by Crippen LogP contribution is -2.15. The van der Waals surface area contributed by atoms with Gasteiger partial charge >= 0.3 is 0 Å². The molecular weight excluding hydrogens is 298 g/mol. The van der Waals surface area contributed by atoms with E-state index in [9.17, 15) is 5.11 Å². The lowest BCUT2D eigenvalue weighted by atomic mass is 10.2. The van der Waals surface area contributed by atoms with Gasteiger partial charge in [0, 0.05) is 21.2 Å². The van der Waals surface area contributed by atoms with Gasteiger partial charge in [-0.1, -0.05) is 19.9 Å². The molecule has 2 N–H and O–H groups in total. The third-order valence-corrected chi connectivity index (χ3v) is 4.86. The van der Waals surface area contributed by atoms with Crippen molar-refractivity contribution in [2.75, 3.05) is 6.54 Å². The van der Waals surface area contributed by atoms with Crippen LogP contribution in [-0.2, 0) is 6.54 Å². The topological polar surface area (TPSA) is 32.3 Å². The van der Waals surface area contributed by atoms with Gasteiger partial charge in [-0.2, -0.15) is 0 Å². The summed E-state index contributed by atoms with van der Waals surface area (Å²) >= 11 is 5.28. The van der Waals surface area contributed by atoms with Crippen LogP contribution < -0.4 is 5.32 Å². The van der Waals surface area contributed by atoms with Gasteiger partial charge in [0.2, 0.25) is 0 Å². The van der Waals surface area contributed by atoms with E-state index in [-0.39, 0.29) is 11.4 Å². The van der Waals surface area contributed by atoms with Crippen LogP contribution in [-0.4, -0.2) is 23.0 Å². The van der Waals surface area contributed by atoms with Crippen molar-refractivity contribution in [2.45, 2.75) is 43.6 Å². The molecule has 96 valence electrons. The largest absolute Gasteiger partial charge is 0.392 e. The number of hydrogen-bond donors (Lipinski definition) is 2. The molecule has 2 nitrogen and oxygen atoms in total. The van der Waals surface area contributed by atoms with Crippen LogP contribution in [0.5, 0.6) is 0 Å². The summed E-state index contributed by atoms with van der Waals surface area (Å²) in [5, 5.41) is 13.0. The highest BCUT2D eigenvalue weighted by atomic mass is 79.9. The average molecular weight is 318 g/mol. The Hall–Kier alpha value is -0.0300. The van der Waals surface area contributed by atoms with E-state index in [0.717, 1.165) is 17.6 Å². The molecule has 17 heavy (non-hydrogen) atoms. The van der Waals surface area contributed by atoms with Gasteiger partial charge in [0.25, 0.3) is 0 Å². The number of thioether (sulfide) groups is 1. The molecule has 0 saturated carbocycles. The first-order valence-electron chi connectivity index (χ1n) is 5.88. The van der Waals surface area contributed by atoms with Crippen molar-refractivity contribution in [2.24, 2.45) is 0 Å². The highest BCUT2D eigenvalue weighted by Gasteiger charge is 2.12. The third-order valence-electron chi connectivity index (χ3n) is 2.57. The zero-order valence-corrected chi connectivity index (χ0v) is 12.9. The van der Waals surface area contributed by atoms with E-state index in [1.54, 1.807) is 11.8 Å². The van der Waals surface area contributed by atoms with Crippen molar-refractivity contribution in [3.05, 3.63) is 28.2 Å². The summed E-state index contributed by atoms with van der Waals surface area (Å²) in [5.74, 6) is 0. The van der Waals surface area contributed by atoms with Crippen LogP contribution >= 0.6 is 27.7 Å². The second-order valence-electron chi connectivity index (χ2n) is 4.11. The fourth-order valence-electron chi connectivity index (χ4n) is 1.32. The second-order valence-corrected chi connectivity index (χ2v) is 6.38. The summed E-state index contributed by atoms with van der Waals surface area (Å²) in [4.78, 5) is 1.18. The Morgan fingerprint density at radius 1 is 1.41 bits per heavy atom. The monoisotopic (exact) mass is 317 g/mol. The molecule has 1 aromatic carbocycles. The molecule has 0 aliphatic rings. The summed E-state index contributed by atoms with van der Waals surface area (Å²) in [6.07, 6.45) is -0.298. The first-order chi connectivity index (χ1) is 8.04. The van der Waals surface area contributed by atoms with Crippen LogP contribution in [0, 0.1) is 0 Å². The van der Waals surface area contributed by atoms with Crippen molar-refractivity contribution >= 4 is 27.7 Å². The zero-order valence-electron chi connectivity index (χ0n) is 10.5. The SMILES string of the molecule is CCNCc1ccc(SC(C)C(C)O)c(Br)c1. The summed E-state index contributed by atoms with van der Waals surface area (Å²) in [6.45, 7) is 7.84. The van der Waals surface area contributed by atoms with Crippen LogP contribution in [0.25, 0.3) is 0 Å². The van der Waals surface area contributed by atoms with E-state index in [1.807, 2.05) is 13.8 Å². The third kappa shape index (κ3) is 5.00. The lowest BCUT2D eigenvalue weighted by molar-refractivity contribution is 0.196. The van der Waals surface area contributed by atoms with Gasteiger partial charge in [-0.25, -0.2) is 0 Å². The highest BCUT2D eigenvalue weighted by Crippen LogP contribution is 2.32. The van der Waals surface area contributed by atoms with E-state index in [4.69, 9.17) is 0 Å². The van der Waals surface area contributed by atoms with Crippen molar-refractivity contribution in [1.29, 1.82) is 0 Å². The quantitative estimate of drug-likeness (QED) is 0.788. The van der Waals surface area contributed by atoms with Crippen LogP contribution in [0.2, 0.25) is 0 Å². The van der Waals surface area contributed by atoms with Crippen LogP contribution in [0.15, 0.2) is 27.6 Å². The van der Waals surface area contributed by atoms with E-state index >= 15 is 0 Å². The number of nitrogens with one attached hydrogen (secondary N) is 1. The van der Waals surface area contributed by atoms with Gasteiger partial charge in [0.15, 0.2) is 0 Å². The molecular formula is C13H20BrNOS. The number of rotatable bonds is 6. The van der Waals surface area contributed by atoms with E-state index in [0.29, 0.717) is 0 Å². The number of benzene rings is 1. The first-order valence-corrected chi connectivity index (χ1v) is 7.55. The van der Waals surface area contributed by atoms with Crippen molar-refractivity contribution < 1.29 is 5.11 Å². The lowest BCUT2D eigenvalue weighted by Gasteiger charge is -2.15. The Balaban J connectivity index is 2.69.